The number of anilines is 1. The summed E-state index contributed by atoms with van der Waals surface area (Å²) in [6, 6.07) is 3.27. The first-order chi connectivity index (χ1) is 9.10. The summed E-state index contributed by atoms with van der Waals surface area (Å²) in [4.78, 5) is 0. The number of nitrogens with two attached hydrogens (primary N) is 1. The number of hydrogen-bond acceptors (Lipinski definition) is 2. The summed E-state index contributed by atoms with van der Waals surface area (Å²) in [6.07, 6.45) is 9.15. The molecule has 0 amide bonds. The van der Waals surface area contributed by atoms with Gasteiger partial charge in [-0.15, -0.1) is 0 Å². The van der Waals surface area contributed by atoms with Crippen molar-refractivity contribution in [3.8, 4) is 0 Å². The van der Waals surface area contributed by atoms with Crippen LogP contribution in [-0.4, -0.2) is 12.2 Å². The molecule has 0 radical (unpaired) electrons. The highest BCUT2D eigenvalue weighted by Gasteiger charge is 2.33. The third-order valence-electron chi connectivity index (χ3n) is 4.09. The van der Waals surface area contributed by atoms with Gasteiger partial charge in [0.1, 0.15) is 5.82 Å². The average Bonchev–Trinajstić information content (AvgIpc) is 2.84. The van der Waals surface area contributed by atoms with Crippen LogP contribution in [-0.2, 0) is 4.74 Å². The van der Waals surface area contributed by atoms with Crippen molar-refractivity contribution in [3.63, 3.8) is 0 Å². The topological polar surface area (TPSA) is 35.2 Å². The minimum atomic E-state index is -0.334. The van der Waals surface area contributed by atoms with Crippen molar-refractivity contribution in [2.75, 3.05) is 12.3 Å². The van der Waals surface area contributed by atoms with Crippen molar-refractivity contribution in [2.24, 2.45) is 0 Å². The zero-order chi connectivity index (χ0) is 13.5. The first kappa shape index (κ1) is 12.4. The minimum absolute atomic E-state index is 0.107. The number of allylic oxidation sites excluding steroid dienone is 1. The van der Waals surface area contributed by atoms with Crippen molar-refractivity contribution in [1.29, 1.82) is 0 Å². The summed E-state index contributed by atoms with van der Waals surface area (Å²) in [6.45, 7) is 2.68. The Morgan fingerprint density at radius 1 is 1.37 bits per heavy atom. The number of aryl methyl sites for hydroxylation is 1. The Hall–Kier alpha value is -1.61. The molecule has 3 heteroatoms. The molecule has 1 aliphatic heterocycles. The molecule has 0 saturated heterocycles. The Bertz CT molecular complexity index is 576. The SMILES string of the molecule is Cc1cc(N)c(F)cc1C1=CCC2(C=CCO2)CC1. The summed E-state index contributed by atoms with van der Waals surface area (Å²) in [5.74, 6) is -0.334. The van der Waals surface area contributed by atoms with Crippen molar-refractivity contribution in [1.82, 2.24) is 0 Å². The number of hydrogen-bond donors (Lipinski definition) is 1. The van der Waals surface area contributed by atoms with Gasteiger partial charge in [0.15, 0.2) is 0 Å². The fourth-order valence-corrected chi connectivity index (χ4v) is 2.95. The highest BCUT2D eigenvalue weighted by molar-refractivity contribution is 5.71. The molecule has 19 heavy (non-hydrogen) atoms. The van der Waals surface area contributed by atoms with Gasteiger partial charge in [0.05, 0.1) is 17.9 Å². The van der Waals surface area contributed by atoms with E-state index in [0.717, 1.165) is 30.4 Å². The van der Waals surface area contributed by atoms with Crippen molar-refractivity contribution < 1.29 is 9.13 Å². The molecule has 0 fully saturated rings. The van der Waals surface area contributed by atoms with E-state index in [2.05, 4.69) is 18.2 Å². The lowest BCUT2D eigenvalue weighted by atomic mass is 9.82. The molecule has 2 nitrogen and oxygen atoms in total. The molecule has 1 aliphatic carbocycles. The predicted octanol–water partition coefficient (Wildman–Crippen LogP) is 3.61. The molecule has 1 unspecified atom stereocenters. The van der Waals surface area contributed by atoms with Gasteiger partial charge in [0.2, 0.25) is 0 Å². The molecule has 0 saturated carbocycles. The van der Waals surface area contributed by atoms with E-state index in [9.17, 15) is 4.39 Å². The van der Waals surface area contributed by atoms with Crippen LogP contribution in [0.5, 0.6) is 0 Å². The van der Waals surface area contributed by atoms with Crippen molar-refractivity contribution >= 4 is 11.3 Å². The zero-order valence-corrected chi connectivity index (χ0v) is 11.1. The normalized spacial score (nSPS) is 25.9. The van der Waals surface area contributed by atoms with Gasteiger partial charge in [-0.1, -0.05) is 18.2 Å². The summed E-state index contributed by atoms with van der Waals surface area (Å²) in [5, 5.41) is 0. The van der Waals surface area contributed by atoms with E-state index in [-0.39, 0.29) is 17.1 Å². The predicted molar refractivity (Wildman–Crippen MR) is 75.2 cm³/mol. The molecule has 0 bridgehead atoms. The first-order valence-electron chi connectivity index (χ1n) is 6.66. The molecule has 1 aromatic rings. The van der Waals surface area contributed by atoms with Crippen LogP contribution in [0, 0.1) is 12.7 Å². The smallest absolute Gasteiger partial charge is 0.146 e. The van der Waals surface area contributed by atoms with Crippen LogP contribution in [0.2, 0.25) is 0 Å². The molecular weight excluding hydrogens is 241 g/mol. The first-order valence-corrected chi connectivity index (χ1v) is 6.66. The van der Waals surface area contributed by atoms with Gasteiger partial charge >= 0.3 is 0 Å². The van der Waals surface area contributed by atoms with Crippen molar-refractivity contribution in [3.05, 3.63) is 47.3 Å². The van der Waals surface area contributed by atoms with E-state index in [1.807, 2.05) is 6.92 Å². The second-order valence-electron chi connectivity index (χ2n) is 5.40. The standard InChI is InChI=1S/C16H18FNO/c1-11-9-15(18)14(17)10-13(11)12-3-6-16(7-4-12)5-2-8-19-16/h2-3,5,9-10H,4,6-8,18H2,1H3. The summed E-state index contributed by atoms with van der Waals surface area (Å²) >= 11 is 0. The summed E-state index contributed by atoms with van der Waals surface area (Å²) in [7, 11) is 0. The Labute approximate surface area is 112 Å². The molecule has 0 aromatic heterocycles. The van der Waals surface area contributed by atoms with E-state index in [1.165, 1.54) is 5.57 Å². The monoisotopic (exact) mass is 259 g/mol. The number of benzene rings is 1. The molecule has 3 rings (SSSR count). The van der Waals surface area contributed by atoms with Crippen LogP contribution in [0.15, 0.2) is 30.4 Å². The average molecular weight is 259 g/mol. The van der Waals surface area contributed by atoms with Gasteiger partial charge in [0.25, 0.3) is 0 Å². The third kappa shape index (κ3) is 2.19. The lowest BCUT2D eigenvalue weighted by Gasteiger charge is -2.31. The molecular formula is C16H18FNO. The van der Waals surface area contributed by atoms with Crippen LogP contribution in [0.1, 0.15) is 30.4 Å². The van der Waals surface area contributed by atoms with E-state index < -0.39 is 0 Å². The Kier molecular flexibility index (Phi) is 2.94. The van der Waals surface area contributed by atoms with E-state index >= 15 is 0 Å². The van der Waals surface area contributed by atoms with Crippen molar-refractivity contribution in [2.45, 2.75) is 31.8 Å². The maximum Gasteiger partial charge on any atom is 0.146 e. The number of nitrogen functional groups attached to an aromatic ring is 1. The van der Waals surface area contributed by atoms with Crippen LogP contribution in [0.25, 0.3) is 5.57 Å². The number of ether oxygens (including phenoxy) is 1. The van der Waals surface area contributed by atoms with Gasteiger partial charge in [-0.2, -0.15) is 0 Å². The van der Waals surface area contributed by atoms with Crippen LogP contribution >= 0.6 is 0 Å². The Morgan fingerprint density at radius 3 is 2.84 bits per heavy atom. The van der Waals surface area contributed by atoms with E-state index in [0.29, 0.717) is 6.61 Å². The molecule has 1 heterocycles. The van der Waals surface area contributed by atoms with Gasteiger partial charge in [-0.25, -0.2) is 4.39 Å². The second kappa shape index (κ2) is 4.49. The molecule has 1 aromatic carbocycles. The quantitative estimate of drug-likeness (QED) is 0.617. The zero-order valence-electron chi connectivity index (χ0n) is 11.1. The fraction of sp³-hybridized carbons (Fsp3) is 0.375. The van der Waals surface area contributed by atoms with Crippen LogP contribution < -0.4 is 5.73 Å². The molecule has 2 aliphatic rings. The number of halogens is 1. The maximum atomic E-state index is 13.6. The highest BCUT2D eigenvalue weighted by Crippen LogP contribution is 2.39. The van der Waals surface area contributed by atoms with Gasteiger partial charge in [0, 0.05) is 0 Å². The van der Waals surface area contributed by atoms with Gasteiger partial charge in [-0.3, -0.25) is 0 Å². The number of rotatable bonds is 1. The van der Waals surface area contributed by atoms with E-state index in [1.54, 1.807) is 12.1 Å². The minimum Gasteiger partial charge on any atom is -0.396 e. The lowest BCUT2D eigenvalue weighted by Crippen LogP contribution is -2.28. The van der Waals surface area contributed by atoms with Crippen LogP contribution in [0.4, 0.5) is 10.1 Å². The van der Waals surface area contributed by atoms with Gasteiger partial charge < -0.3 is 10.5 Å². The Balaban J connectivity index is 1.90. The third-order valence-corrected chi connectivity index (χ3v) is 4.09. The molecule has 2 N–H and O–H groups in total. The largest absolute Gasteiger partial charge is 0.396 e. The van der Waals surface area contributed by atoms with Gasteiger partial charge in [-0.05, 0) is 55.0 Å². The second-order valence-corrected chi connectivity index (χ2v) is 5.40. The summed E-state index contributed by atoms with van der Waals surface area (Å²) in [5.41, 5.74) is 8.91. The van der Waals surface area contributed by atoms with Crippen LogP contribution in [0.3, 0.4) is 0 Å². The molecule has 1 atom stereocenters. The lowest BCUT2D eigenvalue weighted by molar-refractivity contribution is 0.0203. The highest BCUT2D eigenvalue weighted by atomic mass is 19.1. The molecule has 1 spiro atoms. The summed E-state index contributed by atoms with van der Waals surface area (Å²) < 4.78 is 19.4. The molecule has 100 valence electrons. The maximum absolute atomic E-state index is 13.6. The fourth-order valence-electron chi connectivity index (χ4n) is 2.95. The van der Waals surface area contributed by atoms with E-state index in [4.69, 9.17) is 10.5 Å². The Morgan fingerprint density at radius 2 is 2.21 bits per heavy atom.